The third-order valence-corrected chi connectivity index (χ3v) is 4.62. The topological polar surface area (TPSA) is 143 Å². The Bertz CT molecular complexity index is 1230. The van der Waals surface area contributed by atoms with E-state index in [4.69, 9.17) is 10.3 Å². The Labute approximate surface area is 171 Å². The normalized spacial score (nSPS) is 11.0. The number of hydrogen-bond acceptors (Lipinski definition) is 8. The number of anilines is 1. The molecule has 5 N–H and O–H groups in total. The molecule has 0 atom stereocenters. The number of nitrogen functional groups attached to an aromatic ring is 1. The van der Waals surface area contributed by atoms with E-state index in [2.05, 4.69) is 25.4 Å². The van der Waals surface area contributed by atoms with Gasteiger partial charge in [0, 0.05) is 35.5 Å². The second kappa shape index (κ2) is 8.27. The van der Waals surface area contributed by atoms with Crippen LogP contribution in [0.1, 0.15) is 11.1 Å². The maximum atomic E-state index is 11.7. The number of aromatic nitrogens is 4. The smallest absolute Gasteiger partial charge is 0.253 e. The number of rotatable bonds is 6. The van der Waals surface area contributed by atoms with Crippen LogP contribution in [-0.4, -0.2) is 32.3 Å². The first-order valence-corrected chi connectivity index (χ1v) is 9.25. The quantitative estimate of drug-likeness (QED) is 0.382. The Morgan fingerprint density at radius 2 is 1.97 bits per heavy atom. The molecule has 1 aromatic carbocycles. The average Bonchev–Trinajstić information content (AvgIpc) is 3.25. The molecule has 0 aliphatic heterocycles. The number of benzene rings is 1. The van der Waals surface area contributed by atoms with E-state index in [1.165, 1.54) is 12.4 Å². The summed E-state index contributed by atoms with van der Waals surface area (Å²) in [6, 6.07) is 11.3. The molecule has 0 bridgehead atoms. The van der Waals surface area contributed by atoms with Gasteiger partial charge < -0.3 is 25.7 Å². The molecule has 9 nitrogen and oxygen atoms in total. The Morgan fingerprint density at radius 3 is 2.70 bits per heavy atom. The zero-order valence-electron chi connectivity index (χ0n) is 16.2. The maximum Gasteiger partial charge on any atom is 0.253 e. The van der Waals surface area contributed by atoms with E-state index in [1.54, 1.807) is 12.1 Å². The van der Waals surface area contributed by atoms with Gasteiger partial charge in [-0.05, 0) is 18.7 Å². The molecule has 4 aromatic rings. The summed E-state index contributed by atoms with van der Waals surface area (Å²) in [5, 5.41) is 16.6. The summed E-state index contributed by atoms with van der Waals surface area (Å²) in [7, 11) is 1.90. The minimum Gasteiger partial charge on any atom is -0.391 e. The highest BCUT2D eigenvalue weighted by atomic mass is 16.5. The monoisotopic (exact) mass is 404 g/mol. The Morgan fingerprint density at radius 1 is 1.17 bits per heavy atom. The van der Waals surface area contributed by atoms with Gasteiger partial charge in [-0.2, -0.15) is 0 Å². The van der Waals surface area contributed by atoms with Gasteiger partial charge >= 0.3 is 0 Å². The van der Waals surface area contributed by atoms with E-state index >= 15 is 0 Å². The molecule has 0 fully saturated rings. The number of nitrogens with two attached hydrogens (primary N) is 1. The van der Waals surface area contributed by atoms with Crippen molar-refractivity contribution in [3.63, 3.8) is 0 Å². The number of aliphatic hydroxyl groups is 1. The van der Waals surface area contributed by atoms with Gasteiger partial charge in [-0.3, -0.25) is 4.79 Å². The highest BCUT2D eigenvalue weighted by Crippen LogP contribution is 2.29. The number of hydrogen-bond donors (Lipinski definition) is 4. The second-order valence-corrected chi connectivity index (χ2v) is 6.69. The number of aliphatic hydroxyl groups excluding tert-OH is 1. The lowest BCUT2D eigenvalue weighted by atomic mass is 10.1. The molecule has 0 amide bonds. The van der Waals surface area contributed by atoms with Crippen molar-refractivity contribution in [1.82, 2.24) is 25.4 Å². The van der Waals surface area contributed by atoms with Crippen LogP contribution in [0.25, 0.3) is 34.0 Å². The van der Waals surface area contributed by atoms with Crippen LogP contribution in [-0.2, 0) is 13.2 Å². The molecule has 0 unspecified atom stereocenters. The van der Waals surface area contributed by atoms with Gasteiger partial charge in [-0.1, -0.05) is 29.4 Å². The Hall–Kier alpha value is -3.82. The number of H-pyrrole nitrogens is 1. The molecule has 3 aromatic heterocycles. The lowest BCUT2D eigenvalue weighted by Crippen LogP contribution is -2.12. The van der Waals surface area contributed by atoms with Crippen molar-refractivity contribution in [1.29, 1.82) is 0 Å². The van der Waals surface area contributed by atoms with Crippen LogP contribution in [0.5, 0.6) is 0 Å². The lowest BCUT2D eigenvalue weighted by molar-refractivity contribution is 0.280. The van der Waals surface area contributed by atoms with Crippen molar-refractivity contribution in [2.45, 2.75) is 13.2 Å². The summed E-state index contributed by atoms with van der Waals surface area (Å²) in [6.45, 7) is 0.406. The first kappa shape index (κ1) is 19.5. The fourth-order valence-corrected chi connectivity index (χ4v) is 3.04. The van der Waals surface area contributed by atoms with Crippen LogP contribution >= 0.6 is 0 Å². The largest absolute Gasteiger partial charge is 0.391 e. The van der Waals surface area contributed by atoms with E-state index in [0.717, 1.165) is 17.7 Å². The minimum atomic E-state index is -0.378. The van der Waals surface area contributed by atoms with Crippen molar-refractivity contribution in [2.75, 3.05) is 12.8 Å². The standard InChI is InChI=1S/C21H20N6O3/c1-23-8-12-2-4-13(5-3-12)16-7-18(30-27-16)19-20(22)24-10-17(26-19)14-6-15(11-28)21(29)25-9-14/h2-7,9-10,23,28H,8,11H2,1H3,(H2,22,24)(H,25,29). The molecule has 0 spiro atoms. The fraction of sp³-hybridized carbons (Fsp3) is 0.143. The number of nitrogens with zero attached hydrogens (tertiary/aromatic N) is 3. The van der Waals surface area contributed by atoms with Gasteiger partial charge in [0.05, 0.1) is 18.5 Å². The first-order chi connectivity index (χ1) is 14.6. The number of nitrogens with one attached hydrogen (secondary N) is 2. The molecule has 4 rings (SSSR count). The van der Waals surface area contributed by atoms with Gasteiger partial charge in [-0.15, -0.1) is 0 Å². The third-order valence-electron chi connectivity index (χ3n) is 4.62. The molecular formula is C21H20N6O3. The van der Waals surface area contributed by atoms with Gasteiger partial charge in [0.25, 0.3) is 5.56 Å². The highest BCUT2D eigenvalue weighted by molar-refractivity contribution is 5.73. The summed E-state index contributed by atoms with van der Waals surface area (Å²) in [4.78, 5) is 23.0. The maximum absolute atomic E-state index is 11.7. The predicted molar refractivity (Wildman–Crippen MR) is 112 cm³/mol. The molecule has 30 heavy (non-hydrogen) atoms. The predicted octanol–water partition coefficient (Wildman–Crippen LogP) is 1.95. The molecule has 9 heteroatoms. The Balaban J connectivity index is 1.68. The van der Waals surface area contributed by atoms with E-state index < -0.39 is 0 Å². The lowest BCUT2D eigenvalue weighted by Gasteiger charge is -2.05. The zero-order valence-corrected chi connectivity index (χ0v) is 16.2. The van der Waals surface area contributed by atoms with Crippen LogP contribution in [0.15, 0.2) is 58.1 Å². The van der Waals surface area contributed by atoms with E-state index in [9.17, 15) is 9.90 Å². The molecule has 0 radical (unpaired) electrons. The fourth-order valence-electron chi connectivity index (χ4n) is 3.04. The van der Waals surface area contributed by atoms with E-state index in [1.807, 2.05) is 31.3 Å². The molecule has 0 aliphatic carbocycles. The molecule has 0 saturated carbocycles. The third kappa shape index (κ3) is 3.84. The molecule has 0 saturated heterocycles. The van der Waals surface area contributed by atoms with Crippen molar-refractivity contribution < 1.29 is 9.63 Å². The first-order valence-electron chi connectivity index (χ1n) is 9.25. The van der Waals surface area contributed by atoms with Crippen LogP contribution in [0.3, 0.4) is 0 Å². The SMILES string of the molecule is CNCc1ccc(-c2cc(-c3nc(-c4c[nH]c(=O)c(CO)c4)cnc3N)on2)cc1. The van der Waals surface area contributed by atoms with Gasteiger partial charge in [0.1, 0.15) is 5.69 Å². The summed E-state index contributed by atoms with van der Waals surface area (Å²) >= 11 is 0. The molecule has 0 aliphatic rings. The zero-order chi connectivity index (χ0) is 21.1. The van der Waals surface area contributed by atoms with Gasteiger partial charge in [0.2, 0.25) is 0 Å². The van der Waals surface area contributed by atoms with Crippen molar-refractivity contribution in [3.05, 3.63) is 70.3 Å². The van der Waals surface area contributed by atoms with Gasteiger partial charge in [0.15, 0.2) is 17.3 Å². The summed E-state index contributed by atoms with van der Waals surface area (Å²) in [5.41, 5.74) is 10.0. The summed E-state index contributed by atoms with van der Waals surface area (Å²) in [5.74, 6) is 0.570. The second-order valence-electron chi connectivity index (χ2n) is 6.69. The van der Waals surface area contributed by atoms with Crippen LogP contribution in [0, 0.1) is 0 Å². The summed E-state index contributed by atoms with van der Waals surface area (Å²) < 4.78 is 5.48. The van der Waals surface area contributed by atoms with E-state index in [-0.39, 0.29) is 23.5 Å². The van der Waals surface area contributed by atoms with Gasteiger partial charge in [-0.25, -0.2) is 9.97 Å². The highest BCUT2D eigenvalue weighted by Gasteiger charge is 2.16. The van der Waals surface area contributed by atoms with Crippen molar-refractivity contribution in [3.8, 4) is 34.0 Å². The van der Waals surface area contributed by atoms with Crippen LogP contribution < -0.4 is 16.6 Å². The Kier molecular flexibility index (Phi) is 5.38. The minimum absolute atomic E-state index is 0.192. The average molecular weight is 404 g/mol. The van der Waals surface area contributed by atoms with Crippen molar-refractivity contribution >= 4 is 5.82 Å². The van der Waals surface area contributed by atoms with E-state index in [0.29, 0.717) is 28.4 Å². The van der Waals surface area contributed by atoms with Crippen molar-refractivity contribution in [2.24, 2.45) is 0 Å². The summed E-state index contributed by atoms with van der Waals surface area (Å²) in [6.07, 6.45) is 3.00. The number of aromatic amines is 1. The molecule has 152 valence electrons. The van der Waals surface area contributed by atoms with Crippen LogP contribution in [0.4, 0.5) is 5.82 Å². The molecular weight excluding hydrogens is 384 g/mol. The number of pyridine rings is 1. The molecule has 3 heterocycles. The van der Waals surface area contributed by atoms with Crippen LogP contribution in [0.2, 0.25) is 0 Å².